The fourth-order valence-electron chi connectivity index (χ4n) is 1.44. The summed E-state index contributed by atoms with van der Waals surface area (Å²) in [6, 6.07) is 0. The monoisotopic (exact) mass is 543 g/mol. The van der Waals surface area contributed by atoms with Gasteiger partial charge in [-0.3, -0.25) is 0 Å². The summed E-state index contributed by atoms with van der Waals surface area (Å²) < 4.78 is 0. The molecule has 0 aliphatic rings. The Kier molecular flexibility index (Phi) is 146. The van der Waals surface area contributed by atoms with Crippen LogP contribution in [0.15, 0.2) is 0 Å². The molecule has 0 nitrogen and oxygen atoms in total. The molecule has 0 spiro atoms. The van der Waals surface area contributed by atoms with Crippen molar-refractivity contribution in [2.45, 2.75) is 220 Å². The molecule has 246 valence electrons. The van der Waals surface area contributed by atoms with Crippen LogP contribution in [0.4, 0.5) is 0 Å². The van der Waals surface area contributed by atoms with Gasteiger partial charge in [-0.15, -0.1) is 0 Å². The topological polar surface area (TPSA) is 0 Å². The Balaban J connectivity index is -0.0000000202. The zero-order valence-electron chi connectivity index (χ0n) is 25.0. The van der Waals surface area contributed by atoms with Crippen molar-refractivity contribution in [2.24, 2.45) is 29.6 Å². The van der Waals surface area contributed by atoms with Crippen LogP contribution in [0.3, 0.4) is 0 Å². The Hall–Kier alpha value is 0. The Morgan fingerprint density at radius 2 is 0.270 bits per heavy atom. The molecule has 37 heavy (non-hydrogen) atoms. The minimum Gasteiger partial charge on any atom is -0.0776 e. The van der Waals surface area contributed by atoms with Crippen LogP contribution in [-0.2, 0) is 0 Å². The van der Waals surface area contributed by atoms with E-state index >= 15 is 0 Å². The molecule has 0 heteroatoms. The van der Waals surface area contributed by atoms with Gasteiger partial charge < -0.3 is 0 Å². The molecule has 0 aromatic rings. The summed E-state index contributed by atoms with van der Waals surface area (Å²) in [4.78, 5) is 0. The van der Waals surface area contributed by atoms with Crippen LogP contribution in [0.5, 0.6) is 0 Å². The predicted molar refractivity (Wildman–Crippen MR) is 196 cm³/mol. The molecule has 0 radical (unpaired) electrons. The molecule has 0 fully saturated rings. The minimum absolute atomic E-state index is 0. The lowest BCUT2D eigenvalue weighted by atomic mass is 10.1. The molecule has 0 saturated carbocycles. The second-order valence-electron chi connectivity index (χ2n) is 9.61. The van der Waals surface area contributed by atoms with Gasteiger partial charge in [0.05, 0.1) is 0 Å². The minimum atomic E-state index is 0. The molecule has 0 atom stereocenters. The highest BCUT2D eigenvalue weighted by molar-refractivity contribution is 4.43. The van der Waals surface area contributed by atoms with E-state index in [1.807, 2.05) is 0 Å². The van der Waals surface area contributed by atoms with Gasteiger partial charge in [0, 0.05) is 0 Å². The Morgan fingerprint density at radius 1 is 0.216 bits per heavy atom. The molecule has 0 amide bonds. The summed E-state index contributed by atoms with van der Waals surface area (Å²) in [5, 5.41) is 0. The Morgan fingerprint density at radius 3 is 0.270 bits per heavy atom. The summed E-state index contributed by atoms with van der Waals surface area (Å²) in [5.41, 5.74) is 0. The molecule has 0 aliphatic carbocycles. The molecule has 0 heterocycles. The molecule has 0 N–H and O–H groups in total. The van der Waals surface area contributed by atoms with E-state index in [0.29, 0.717) is 0 Å². The molecule has 0 saturated heterocycles. The first-order chi connectivity index (χ1) is 14.0. The molecule has 0 rings (SSSR count). The summed E-state index contributed by atoms with van der Waals surface area (Å²) in [5.74, 6) is 4.68. The van der Waals surface area contributed by atoms with Gasteiger partial charge in [0.15, 0.2) is 0 Å². The quantitative estimate of drug-likeness (QED) is 0.257. The SMILES string of the molecule is C.C.C.C.C.C.C.CCC(C)CC.CCC(C)CC.CCC(C)CC.CCC(C)CC.CCC(C)CC. The van der Waals surface area contributed by atoms with Crippen molar-refractivity contribution in [3.8, 4) is 0 Å². The average Bonchev–Trinajstić information content (AvgIpc) is 2.82. The third-order valence-corrected chi connectivity index (χ3v) is 6.97. The van der Waals surface area contributed by atoms with Crippen molar-refractivity contribution >= 4 is 0 Å². The van der Waals surface area contributed by atoms with Crippen LogP contribution in [0.2, 0.25) is 0 Å². The van der Waals surface area contributed by atoms with Crippen LogP contribution in [0.1, 0.15) is 220 Å². The number of rotatable bonds is 10. The largest absolute Gasteiger partial charge is 0.0776 e. The lowest BCUT2D eigenvalue weighted by Crippen LogP contribution is -1.85. The second kappa shape index (κ2) is 70.6. The van der Waals surface area contributed by atoms with Crippen molar-refractivity contribution < 1.29 is 0 Å². The van der Waals surface area contributed by atoms with E-state index in [-0.39, 0.29) is 52.0 Å². The maximum absolute atomic E-state index is 2.28. The van der Waals surface area contributed by atoms with Crippen molar-refractivity contribution in [2.75, 3.05) is 0 Å². The highest BCUT2D eigenvalue weighted by Gasteiger charge is 1.90. The van der Waals surface area contributed by atoms with Gasteiger partial charge in [-0.05, 0) is 29.6 Å². The third-order valence-electron chi connectivity index (χ3n) is 6.97. The van der Waals surface area contributed by atoms with E-state index in [4.69, 9.17) is 0 Å². The van der Waals surface area contributed by atoms with E-state index in [1.54, 1.807) is 0 Å². The number of hydrogen-bond acceptors (Lipinski definition) is 0. The first-order valence-corrected chi connectivity index (χ1v) is 14.0. The first-order valence-electron chi connectivity index (χ1n) is 14.0. The molecular weight excluding hydrogens is 444 g/mol. The first kappa shape index (κ1) is 76.7. The van der Waals surface area contributed by atoms with E-state index in [1.165, 1.54) is 64.2 Å². The molecular formula is C37H98. The van der Waals surface area contributed by atoms with Crippen LogP contribution in [0.25, 0.3) is 0 Å². The van der Waals surface area contributed by atoms with Crippen molar-refractivity contribution in [3.63, 3.8) is 0 Å². The highest BCUT2D eigenvalue weighted by Crippen LogP contribution is 2.05. The van der Waals surface area contributed by atoms with Crippen molar-refractivity contribution in [1.29, 1.82) is 0 Å². The van der Waals surface area contributed by atoms with Gasteiger partial charge in [0.25, 0.3) is 0 Å². The van der Waals surface area contributed by atoms with Crippen LogP contribution < -0.4 is 0 Å². The Labute approximate surface area is 249 Å². The molecule has 0 unspecified atom stereocenters. The fraction of sp³-hybridized carbons (Fsp3) is 1.00. The van der Waals surface area contributed by atoms with Gasteiger partial charge in [-0.1, -0.05) is 220 Å². The predicted octanol–water partition coefficient (Wildman–Crippen LogP) is 16.7. The molecule has 0 aromatic carbocycles. The fourth-order valence-corrected chi connectivity index (χ4v) is 1.44. The summed E-state index contributed by atoms with van der Waals surface area (Å²) in [7, 11) is 0. The van der Waals surface area contributed by atoms with Gasteiger partial charge in [0.1, 0.15) is 0 Å². The lowest BCUT2D eigenvalue weighted by Gasteiger charge is -1.98. The normalized spacial score (nSPS) is 8.11. The lowest BCUT2D eigenvalue weighted by molar-refractivity contribution is 0.544. The summed E-state index contributed by atoms with van der Waals surface area (Å²) in [6.45, 7) is 33.7. The molecule has 0 aliphatic heterocycles. The summed E-state index contributed by atoms with van der Waals surface area (Å²) >= 11 is 0. The van der Waals surface area contributed by atoms with Gasteiger partial charge in [-0.2, -0.15) is 0 Å². The van der Waals surface area contributed by atoms with Gasteiger partial charge in [0.2, 0.25) is 0 Å². The zero-order chi connectivity index (χ0) is 25.0. The number of hydrogen-bond donors (Lipinski definition) is 0. The van der Waals surface area contributed by atoms with Crippen molar-refractivity contribution in [1.82, 2.24) is 0 Å². The van der Waals surface area contributed by atoms with Gasteiger partial charge in [-0.25, -0.2) is 0 Å². The van der Waals surface area contributed by atoms with Crippen LogP contribution in [-0.4, -0.2) is 0 Å². The second-order valence-corrected chi connectivity index (χ2v) is 9.61. The van der Waals surface area contributed by atoms with E-state index in [2.05, 4.69) is 104 Å². The van der Waals surface area contributed by atoms with Crippen LogP contribution >= 0.6 is 0 Å². The molecule has 0 bridgehead atoms. The average molecular weight is 543 g/mol. The maximum atomic E-state index is 2.28. The zero-order valence-corrected chi connectivity index (χ0v) is 25.0. The highest BCUT2D eigenvalue weighted by atomic mass is 14.0. The van der Waals surface area contributed by atoms with Crippen molar-refractivity contribution in [3.05, 3.63) is 0 Å². The molecule has 0 aromatic heterocycles. The van der Waals surface area contributed by atoms with Gasteiger partial charge >= 0.3 is 0 Å². The van der Waals surface area contributed by atoms with E-state index < -0.39 is 0 Å². The third kappa shape index (κ3) is 104. The van der Waals surface area contributed by atoms with E-state index in [9.17, 15) is 0 Å². The van der Waals surface area contributed by atoms with Crippen LogP contribution in [0, 0.1) is 29.6 Å². The Bertz CT molecular complexity index is 154. The summed E-state index contributed by atoms with van der Waals surface area (Å²) in [6.07, 6.45) is 13.3. The van der Waals surface area contributed by atoms with E-state index in [0.717, 1.165) is 29.6 Å². The standard InChI is InChI=1S/5C6H14.7CH4/c5*1-4-6(3)5-2;;;;;;;/h5*6H,4-5H2,1-3H3;7*1H4. The smallest absolute Gasteiger partial charge is 0.0448 e. The maximum Gasteiger partial charge on any atom is -0.0448 e.